The smallest absolute Gasteiger partial charge is 0.0622 e. The average molecular weight is 473 g/mol. The highest BCUT2D eigenvalue weighted by Gasteiger charge is 2.46. The van der Waals surface area contributed by atoms with Crippen molar-refractivity contribution in [2.45, 2.75) is 5.41 Å². The second-order valence-electron chi connectivity index (χ2n) is 8.26. The first kappa shape index (κ1) is 19.3. The molecule has 0 aromatic heterocycles. The monoisotopic (exact) mass is 472 g/mol. The number of benzene rings is 5. The Morgan fingerprint density at radius 2 is 0.969 bits per heavy atom. The summed E-state index contributed by atoms with van der Waals surface area (Å²) < 4.78 is 1.09. The van der Waals surface area contributed by atoms with Crippen LogP contribution in [-0.2, 0) is 5.41 Å². The molecule has 0 N–H and O–H groups in total. The molecule has 152 valence electrons. The highest BCUT2D eigenvalue weighted by molar-refractivity contribution is 9.10. The van der Waals surface area contributed by atoms with Gasteiger partial charge in [-0.15, -0.1) is 0 Å². The maximum atomic E-state index is 3.59. The third-order valence-electron chi connectivity index (χ3n) is 6.64. The number of rotatable bonds is 3. The van der Waals surface area contributed by atoms with E-state index in [0.717, 1.165) is 4.47 Å². The lowest BCUT2D eigenvalue weighted by Gasteiger charge is -2.34. The van der Waals surface area contributed by atoms with Crippen molar-refractivity contribution < 1.29 is 0 Å². The molecule has 0 heterocycles. The molecule has 0 fully saturated rings. The Bertz CT molecular complexity index is 1360. The molecule has 0 saturated carbocycles. The Hall–Kier alpha value is -3.42. The molecule has 0 unspecified atom stereocenters. The molecule has 0 radical (unpaired) electrons. The van der Waals surface area contributed by atoms with Crippen LogP contribution in [0.1, 0.15) is 22.3 Å². The highest BCUT2D eigenvalue weighted by atomic mass is 79.9. The Morgan fingerprint density at radius 1 is 0.438 bits per heavy atom. The third kappa shape index (κ3) is 2.75. The van der Waals surface area contributed by atoms with Gasteiger partial charge in [-0.3, -0.25) is 0 Å². The van der Waals surface area contributed by atoms with Crippen LogP contribution >= 0.6 is 15.9 Å². The van der Waals surface area contributed by atoms with Crippen molar-refractivity contribution in [3.63, 3.8) is 0 Å². The molecule has 0 saturated heterocycles. The molecule has 0 spiro atoms. The van der Waals surface area contributed by atoms with Gasteiger partial charge in [0.25, 0.3) is 0 Å². The van der Waals surface area contributed by atoms with E-state index in [1.54, 1.807) is 0 Å². The van der Waals surface area contributed by atoms with Crippen molar-refractivity contribution >= 4 is 15.9 Å². The number of hydrogen-bond donors (Lipinski definition) is 0. The van der Waals surface area contributed by atoms with Crippen LogP contribution < -0.4 is 0 Å². The molecule has 1 aliphatic carbocycles. The fraction of sp³-hybridized carbons (Fsp3) is 0.0323. The molecular weight excluding hydrogens is 452 g/mol. The van der Waals surface area contributed by atoms with Crippen molar-refractivity contribution in [2.75, 3.05) is 0 Å². The van der Waals surface area contributed by atoms with Gasteiger partial charge < -0.3 is 0 Å². The molecule has 0 aliphatic heterocycles. The van der Waals surface area contributed by atoms with Crippen molar-refractivity contribution in [1.29, 1.82) is 0 Å². The molecule has 0 atom stereocenters. The molecule has 5 aromatic rings. The summed E-state index contributed by atoms with van der Waals surface area (Å²) in [6, 6.07) is 46.2. The largest absolute Gasteiger partial charge is 0.0713 e. The van der Waals surface area contributed by atoms with E-state index < -0.39 is 0 Å². The highest BCUT2D eigenvalue weighted by Crippen LogP contribution is 2.58. The fourth-order valence-electron chi connectivity index (χ4n) is 5.36. The van der Waals surface area contributed by atoms with Gasteiger partial charge in [-0.25, -0.2) is 0 Å². The van der Waals surface area contributed by atoms with Crippen LogP contribution in [0.5, 0.6) is 0 Å². The Morgan fingerprint density at radius 3 is 1.62 bits per heavy atom. The normalized spacial score (nSPS) is 13.4. The standard InChI is InChI=1S/C31H21Br/c32-25-20-18-22(19-21-25)26-15-9-17-29-30(26)27-14-7-8-16-28(27)31(29,23-10-3-1-4-11-23)24-12-5-2-6-13-24/h1-21H. The molecule has 5 aromatic carbocycles. The van der Waals surface area contributed by atoms with Gasteiger partial charge in [0.15, 0.2) is 0 Å². The maximum Gasteiger partial charge on any atom is 0.0713 e. The molecular formula is C31H21Br. The zero-order valence-corrected chi connectivity index (χ0v) is 19.1. The first-order chi connectivity index (χ1) is 15.8. The molecule has 0 amide bonds. The quantitative estimate of drug-likeness (QED) is 0.242. The summed E-state index contributed by atoms with van der Waals surface area (Å²) in [5, 5.41) is 0. The summed E-state index contributed by atoms with van der Waals surface area (Å²) in [6.07, 6.45) is 0. The van der Waals surface area contributed by atoms with Gasteiger partial charge in [0.05, 0.1) is 5.41 Å². The summed E-state index contributed by atoms with van der Waals surface area (Å²) in [6.45, 7) is 0. The number of hydrogen-bond acceptors (Lipinski definition) is 0. The van der Waals surface area contributed by atoms with Crippen molar-refractivity contribution in [1.82, 2.24) is 0 Å². The second kappa shape index (κ2) is 7.62. The number of halogens is 1. The van der Waals surface area contributed by atoms with E-state index in [-0.39, 0.29) is 5.41 Å². The Balaban J connectivity index is 1.77. The van der Waals surface area contributed by atoms with Gasteiger partial charge in [-0.2, -0.15) is 0 Å². The predicted octanol–water partition coefficient (Wildman–Crippen LogP) is 8.48. The SMILES string of the molecule is Brc1ccc(-c2cccc3c2-c2ccccc2C3(c2ccccc2)c2ccccc2)cc1. The van der Waals surface area contributed by atoms with Gasteiger partial charge in [0.1, 0.15) is 0 Å². The summed E-state index contributed by atoms with van der Waals surface area (Å²) in [4.78, 5) is 0. The van der Waals surface area contributed by atoms with E-state index in [2.05, 4.69) is 143 Å². The van der Waals surface area contributed by atoms with E-state index in [9.17, 15) is 0 Å². The van der Waals surface area contributed by atoms with Crippen LogP contribution in [0.2, 0.25) is 0 Å². The van der Waals surface area contributed by atoms with E-state index in [1.807, 2.05) is 0 Å². The molecule has 32 heavy (non-hydrogen) atoms. The zero-order valence-electron chi connectivity index (χ0n) is 17.5. The average Bonchev–Trinajstić information content (AvgIpc) is 3.17. The minimum atomic E-state index is -0.347. The molecule has 6 rings (SSSR count). The van der Waals surface area contributed by atoms with E-state index in [4.69, 9.17) is 0 Å². The van der Waals surface area contributed by atoms with E-state index in [1.165, 1.54) is 44.5 Å². The maximum absolute atomic E-state index is 3.59. The van der Waals surface area contributed by atoms with Gasteiger partial charge in [-0.05, 0) is 56.6 Å². The van der Waals surface area contributed by atoms with Crippen LogP contribution in [0.25, 0.3) is 22.3 Å². The zero-order chi connectivity index (χ0) is 21.5. The van der Waals surface area contributed by atoms with Crippen molar-refractivity contribution in [3.8, 4) is 22.3 Å². The first-order valence-electron chi connectivity index (χ1n) is 10.9. The summed E-state index contributed by atoms with van der Waals surface area (Å²) >= 11 is 3.59. The Kier molecular flexibility index (Phi) is 4.59. The molecule has 1 aliphatic rings. The number of fused-ring (bicyclic) bond motifs is 3. The molecule has 1 heteroatoms. The van der Waals surface area contributed by atoms with E-state index >= 15 is 0 Å². The van der Waals surface area contributed by atoms with E-state index in [0.29, 0.717) is 0 Å². The van der Waals surface area contributed by atoms with Crippen LogP contribution in [0.3, 0.4) is 0 Å². The minimum absolute atomic E-state index is 0.347. The molecule has 0 bridgehead atoms. The van der Waals surface area contributed by atoms with Gasteiger partial charge in [-0.1, -0.05) is 131 Å². The summed E-state index contributed by atoms with van der Waals surface area (Å²) in [5.74, 6) is 0. The van der Waals surface area contributed by atoms with Gasteiger partial charge >= 0.3 is 0 Å². The third-order valence-corrected chi connectivity index (χ3v) is 7.17. The van der Waals surface area contributed by atoms with Crippen molar-refractivity contribution in [2.24, 2.45) is 0 Å². The summed E-state index contributed by atoms with van der Waals surface area (Å²) in [5.41, 5.74) is 10.1. The topological polar surface area (TPSA) is 0 Å². The minimum Gasteiger partial charge on any atom is -0.0622 e. The van der Waals surface area contributed by atoms with Crippen molar-refractivity contribution in [3.05, 3.63) is 154 Å². The predicted molar refractivity (Wildman–Crippen MR) is 137 cm³/mol. The van der Waals surface area contributed by atoms with Crippen LogP contribution in [0, 0.1) is 0 Å². The first-order valence-corrected chi connectivity index (χ1v) is 11.7. The van der Waals surface area contributed by atoms with Gasteiger partial charge in [0.2, 0.25) is 0 Å². The fourth-order valence-corrected chi connectivity index (χ4v) is 5.63. The molecule has 0 nitrogen and oxygen atoms in total. The lowest BCUT2D eigenvalue weighted by atomic mass is 9.67. The van der Waals surface area contributed by atoms with Crippen LogP contribution in [0.4, 0.5) is 0 Å². The van der Waals surface area contributed by atoms with Crippen LogP contribution in [0.15, 0.2) is 132 Å². The lowest BCUT2D eigenvalue weighted by Crippen LogP contribution is -2.28. The second-order valence-corrected chi connectivity index (χ2v) is 9.18. The van der Waals surface area contributed by atoms with Crippen LogP contribution in [-0.4, -0.2) is 0 Å². The summed E-state index contributed by atoms with van der Waals surface area (Å²) in [7, 11) is 0. The Labute approximate surface area is 197 Å². The van der Waals surface area contributed by atoms with Gasteiger partial charge in [0, 0.05) is 4.47 Å². The lowest BCUT2D eigenvalue weighted by molar-refractivity contribution is 0.768.